The van der Waals surface area contributed by atoms with E-state index < -0.39 is 17.5 Å². The van der Waals surface area contributed by atoms with Gasteiger partial charge in [0.05, 0.1) is 32.5 Å². The lowest BCUT2D eigenvalue weighted by Gasteiger charge is -2.27. The van der Waals surface area contributed by atoms with Crippen molar-refractivity contribution in [2.45, 2.75) is 53.2 Å². The van der Waals surface area contributed by atoms with Crippen LogP contribution in [0.5, 0.6) is 5.75 Å². The van der Waals surface area contributed by atoms with Gasteiger partial charge in [-0.1, -0.05) is 18.2 Å². The third kappa shape index (κ3) is 7.50. The summed E-state index contributed by atoms with van der Waals surface area (Å²) in [4.78, 5) is 34.9. The van der Waals surface area contributed by atoms with Gasteiger partial charge in [0.15, 0.2) is 11.6 Å². The molecule has 3 rings (SSSR count). The van der Waals surface area contributed by atoms with Gasteiger partial charge in [-0.2, -0.15) is 0 Å². The number of aromatic nitrogens is 2. The molecule has 2 aromatic carbocycles. The Kier molecular flexibility index (Phi) is 9.39. The minimum Gasteiger partial charge on any atom is -0.496 e. The van der Waals surface area contributed by atoms with E-state index >= 15 is 0 Å². The molecule has 8 nitrogen and oxygen atoms in total. The molecule has 0 atom stereocenters. The molecule has 0 aliphatic heterocycles. The molecule has 0 fully saturated rings. The number of esters is 1. The van der Waals surface area contributed by atoms with Crippen LogP contribution in [-0.2, 0) is 27.2 Å². The zero-order valence-electron chi connectivity index (χ0n) is 22.7. The monoisotopic (exact) mass is 523 g/mol. The first-order valence-corrected chi connectivity index (χ1v) is 12.5. The normalized spacial score (nSPS) is 11.1. The molecule has 202 valence electrons. The predicted octanol–water partition coefficient (Wildman–Crippen LogP) is 5.82. The number of nitrogens with zero attached hydrogens (tertiary/aromatic N) is 3. The largest absolute Gasteiger partial charge is 0.496 e. The molecule has 0 N–H and O–H groups in total. The van der Waals surface area contributed by atoms with E-state index in [2.05, 4.69) is 9.97 Å². The molecule has 1 amide bonds. The molecule has 0 saturated carbocycles. The minimum atomic E-state index is -0.651. The van der Waals surface area contributed by atoms with Gasteiger partial charge in [0.25, 0.3) is 0 Å². The van der Waals surface area contributed by atoms with Crippen LogP contribution in [0.3, 0.4) is 0 Å². The Morgan fingerprint density at radius 3 is 2.32 bits per heavy atom. The Labute approximate surface area is 222 Å². The third-order valence-corrected chi connectivity index (χ3v) is 5.59. The molecule has 0 aliphatic carbocycles. The number of hydrogen-bond acceptors (Lipinski definition) is 7. The van der Waals surface area contributed by atoms with Gasteiger partial charge in [0, 0.05) is 24.2 Å². The molecule has 0 radical (unpaired) electrons. The number of methoxy groups -OCH3 is 1. The van der Waals surface area contributed by atoms with Gasteiger partial charge < -0.3 is 19.1 Å². The molecule has 1 heterocycles. The van der Waals surface area contributed by atoms with Crippen LogP contribution in [0.4, 0.5) is 9.18 Å². The average molecular weight is 524 g/mol. The summed E-state index contributed by atoms with van der Waals surface area (Å²) in [7, 11) is 1.57. The van der Waals surface area contributed by atoms with E-state index in [1.807, 2.05) is 58.0 Å². The van der Waals surface area contributed by atoms with E-state index in [1.54, 1.807) is 25.0 Å². The number of benzene rings is 2. The summed E-state index contributed by atoms with van der Waals surface area (Å²) in [6.45, 7) is 10.0. The van der Waals surface area contributed by atoms with E-state index in [9.17, 15) is 14.0 Å². The van der Waals surface area contributed by atoms with Crippen molar-refractivity contribution in [1.82, 2.24) is 14.9 Å². The maximum absolute atomic E-state index is 13.4. The number of hydrogen-bond donors (Lipinski definition) is 0. The second kappa shape index (κ2) is 12.5. The molecule has 0 unspecified atom stereocenters. The lowest BCUT2D eigenvalue weighted by molar-refractivity contribution is -0.142. The summed E-state index contributed by atoms with van der Waals surface area (Å²) in [6, 6.07) is 11.1. The van der Waals surface area contributed by atoms with E-state index in [4.69, 9.17) is 14.2 Å². The summed E-state index contributed by atoms with van der Waals surface area (Å²) >= 11 is 0. The van der Waals surface area contributed by atoms with Crippen molar-refractivity contribution in [3.8, 4) is 28.3 Å². The van der Waals surface area contributed by atoms with Crippen molar-refractivity contribution in [2.24, 2.45) is 0 Å². The van der Waals surface area contributed by atoms with Crippen molar-refractivity contribution in [1.29, 1.82) is 0 Å². The van der Waals surface area contributed by atoms with Gasteiger partial charge in [0.1, 0.15) is 11.4 Å². The second-order valence-electron chi connectivity index (χ2n) is 9.61. The van der Waals surface area contributed by atoms with Gasteiger partial charge in [-0.05, 0) is 69.5 Å². The Morgan fingerprint density at radius 1 is 1.00 bits per heavy atom. The van der Waals surface area contributed by atoms with Gasteiger partial charge in [0.2, 0.25) is 0 Å². The predicted molar refractivity (Wildman–Crippen MR) is 142 cm³/mol. The lowest BCUT2D eigenvalue weighted by Crippen LogP contribution is -2.36. The van der Waals surface area contributed by atoms with Crippen molar-refractivity contribution >= 4 is 12.1 Å². The fraction of sp³-hybridized carbons (Fsp3) is 0.379. The molecule has 38 heavy (non-hydrogen) atoms. The number of rotatable bonds is 9. The zero-order valence-corrected chi connectivity index (χ0v) is 22.7. The number of carbonyl (C=O) groups excluding carboxylic acids is 2. The Balaban J connectivity index is 2.11. The molecule has 3 aromatic rings. The van der Waals surface area contributed by atoms with Crippen LogP contribution in [0.25, 0.3) is 22.5 Å². The van der Waals surface area contributed by atoms with Gasteiger partial charge in [-0.3, -0.25) is 4.79 Å². The van der Waals surface area contributed by atoms with Crippen LogP contribution < -0.4 is 4.74 Å². The first-order valence-electron chi connectivity index (χ1n) is 12.5. The second-order valence-corrected chi connectivity index (χ2v) is 9.61. The smallest absolute Gasteiger partial charge is 0.410 e. The first-order chi connectivity index (χ1) is 18.0. The molecular weight excluding hydrogens is 489 g/mol. The highest BCUT2D eigenvalue weighted by atomic mass is 19.1. The summed E-state index contributed by atoms with van der Waals surface area (Å²) < 4.78 is 29.8. The number of amides is 1. The van der Waals surface area contributed by atoms with E-state index in [1.165, 1.54) is 0 Å². The fourth-order valence-corrected chi connectivity index (χ4v) is 3.88. The van der Waals surface area contributed by atoms with E-state index in [0.29, 0.717) is 30.3 Å². The van der Waals surface area contributed by atoms with Crippen LogP contribution in [-0.4, -0.2) is 52.8 Å². The number of halogens is 1. The quantitative estimate of drug-likeness (QED) is 0.326. The molecule has 0 aliphatic rings. The van der Waals surface area contributed by atoms with Gasteiger partial charge in [-0.25, -0.2) is 19.2 Å². The van der Waals surface area contributed by atoms with Crippen LogP contribution >= 0.6 is 0 Å². The van der Waals surface area contributed by atoms with Crippen molar-refractivity contribution in [3.63, 3.8) is 0 Å². The highest BCUT2D eigenvalue weighted by Gasteiger charge is 2.23. The highest BCUT2D eigenvalue weighted by Crippen LogP contribution is 2.36. The summed E-state index contributed by atoms with van der Waals surface area (Å²) in [5.74, 6) is 0.0954. The van der Waals surface area contributed by atoms with Crippen LogP contribution in [0.2, 0.25) is 0 Å². The minimum absolute atomic E-state index is 0.112. The third-order valence-electron chi connectivity index (χ3n) is 5.59. The lowest BCUT2D eigenvalue weighted by atomic mass is 9.94. The van der Waals surface area contributed by atoms with Crippen molar-refractivity contribution in [2.75, 3.05) is 20.3 Å². The Morgan fingerprint density at radius 2 is 1.71 bits per heavy atom. The maximum Gasteiger partial charge on any atom is 0.410 e. The van der Waals surface area contributed by atoms with E-state index in [-0.39, 0.29) is 18.9 Å². The molecular formula is C29H34FN3O5. The molecule has 0 saturated heterocycles. The first kappa shape index (κ1) is 28.6. The maximum atomic E-state index is 13.4. The van der Waals surface area contributed by atoms with Crippen LogP contribution in [0, 0.1) is 5.82 Å². The average Bonchev–Trinajstić information content (AvgIpc) is 2.86. The van der Waals surface area contributed by atoms with E-state index in [0.717, 1.165) is 34.6 Å². The number of carbonyl (C=O) groups is 2. The highest BCUT2D eigenvalue weighted by molar-refractivity contribution is 5.79. The topological polar surface area (TPSA) is 90.9 Å². The SMILES string of the molecule is CCOC(=O)Cc1ccc(OC)c(-c2ccc(-c3ncc(F)cn3)cc2CN(CC)C(=O)OC(C)(C)C)c1. The Bertz CT molecular complexity index is 1270. The standard InChI is InChI=1S/C29H34FN3O5/c1-7-33(28(35)38-29(3,4)5)18-21-15-20(27-31-16-22(30)17-32-27)10-11-23(21)24-13-19(9-12-25(24)36-6)14-26(34)37-8-2/h9-13,15-17H,7-8,14,18H2,1-6H3. The zero-order chi connectivity index (χ0) is 27.9. The summed E-state index contributed by atoms with van der Waals surface area (Å²) in [5.41, 5.74) is 3.08. The van der Waals surface area contributed by atoms with Gasteiger partial charge >= 0.3 is 12.1 Å². The molecule has 9 heteroatoms. The molecule has 0 spiro atoms. The fourth-order valence-electron chi connectivity index (χ4n) is 3.88. The van der Waals surface area contributed by atoms with Crippen LogP contribution in [0.1, 0.15) is 45.7 Å². The Hall–Kier alpha value is -4.01. The van der Waals surface area contributed by atoms with Crippen molar-refractivity contribution in [3.05, 3.63) is 65.7 Å². The van der Waals surface area contributed by atoms with Gasteiger partial charge in [-0.15, -0.1) is 0 Å². The molecule has 1 aromatic heterocycles. The summed E-state index contributed by atoms with van der Waals surface area (Å²) in [6.07, 6.45) is 1.88. The molecule has 0 bridgehead atoms. The summed E-state index contributed by atoms with van der Waals surface area (Å²) in [5, 5.41) is 0. The van der Waals surface area contributed by atoms with Crippen LogP contribution in [0.15, 0.2) is 48.8 Å². The van der Waals surface area contributed by atoms with Crippen molar-refractivity contribution < 1.29 is 28.2 Å². The number of ether oxygens (including phenoxy) is 3.